The van der Waals surface area contributed by atoms with Gasteiger partial charge in [-0.15, -0.1) is 0 Å². The van der Waals surface area contributed by atoms with Gasteiger partial charge >= 0.3 is 0 Å². The summed E-state index contributed by atoms with van der Waals surface area (Å²) >= 11 is 3.38. The first kappa shape index (κ1) is 22.0. The number of amides is 1. The monoisotopic (exact) mass is 504 g/mol. The van der Waals surface area contributed by atoms with Gasteiger partial charge in [-0.1, -0.05) is 25.1 Å². The summed E-state index contributed by atoms with van der Waals surface area (Å²) in [5, 5.41) is 3.88. The molecule has 1 fully saturated rings. The first-order valence-electron chi connectivity index (χ1n) is 10.2. The molecule has 0 bridgehead atoms. The molecule has 164 valence electrons. The largest absolute Gasteiger partial charge is 0.347 e. The molecule has 1 aliphatic heterocycles. The van der Waals surface area contributed by atoms with E-state index in [1.165, 1.54) is 10.4 Å². The molecule has 1 aromatic carbocycles. The Morgan fingerprint density at radius 3 is 2.71 bits per heavy atom. The number of hydrogen-bond donors (Lipinski definition) is 1. The van der Waals surface area contributed by atoms with Gasteiger partial charge in [0.15, 0.2) is 0 Å². The number of fused-ring (bicyclic) bond motifs is 1. The van der Waals surface area contributed by atoms with Crippen molar-refractivity contribution in [2.45, 2.75) is 31.2 Å². The van der Waals surface area contributed by atoms with Gasteiger partial charge in [-0.2, -0.15) is 4.31 Å². The molecule has 1 saturated heterocycles. The van der Waals surface area contributed by atoms with Crippen molar-refractivity contribution in [2.24, 2.45) is 13.0 Å². The third kappa shape index (κ3) is 4.26. The first-order valence-corrected chi connectivity index (χ1v) is 12.5. The predicted octanol–water partition coefficient (Wildman–Crippen LogP) is 3.69. The van der Waals surface area contributed by atoms with E-state index in [4.69, 9.17) is 0 Å². The number of halogens is 1. The highest BCUT2D eigenvalue weighted by Gasteiger charge is 2.32. The van der Waals surface area contributed by atoms with E-state index in [9.17, 15) is 13.2 Å². The zero-order chi connectivity index (χ0) is 22.2. The van der Waals surface area contributed by atoms with Crippen LogP contribution in [0, 0.1) is 5.92 Å². The Kier molecular flexibility index (Phi) is 6.18. The van der Waals surface area contributed by atoms with Crippen LogP contribution in [0.3, 0.4) is 0 Å². The van der Waals surface area contributed by atoms with E-state index in [0.717, 1.165) is 29.3 Å². The van der Waals surface area contributed by atoms with Crippen LogP contribution in [-0.2, 0) is 23.6 Å². The average Bonchev–Trinajstić information content (AvgIpc) is 3.07. The molecule has 0 radical (unpaired) electrons. The van der Waals surface area contributed by atoms with E-state index in [0.29, 0.717) is 30.2 Å². The summed E-state index contributed by atoms with van der Waals surface area (Å²) in [5.74, 6) is 0.189. The van der Waals surface area contributed by atoms with Crippen LogP contribution in [0.4, 0.5) is 0 Å². The molecule has 1 aliphatic rings. The second-order valence-corrected chi connectivity index (χ2v) is 10.7. The molecular weight excluding hydrogens is 480 g/mol. The summed E-state index contributed by atoms with van der Waals surface area (Å²) in [6.07, 6.45) is 3.42. The highest BCUT2D eigenvalue weighted by molar-refractivity contribution is 9.10. The molecule has 1 N–H and O–H groups in total. The average molecular weight is 505 g/mol. The minimum atomic E-state index is -3.67. The lowest BCUT2D eigenvalue weighted by Crippen LogP contribution is -2.37. The van der Waals surface area contributed by atoms with Crippen molar-refractivity contribution in [3.05, 3.63) is 58.5 Å². The van der Waals surface area contributed by atoms with E-state index in [1.807, 2.05) is 30.3 Å². The summed E-state index contributed by atoms with van der Waals surface area (Å²) in [5.41, 5.74) is 2.09. The van der Waals surface area contributed by atoms with Crippen molar-refractivity contribution >= 4 is 42.8 Å². The molecule has 7 nitrogen and oxygen atoms in total. The van der Waals surface area contributed by atoms with Crippen molar-refractivity contribution in [2.75, 3.05) is 13.1 Å². The Bertz CT molecular complexity index is 1230. The van der Waals surface area contributed by atoms with E-state index < -0.39 is 10.0 Å². The topological polar surface area (TPSA) is 84.3 Å². The maximum absolute atomic E-state index is 13.2. The Morgan fingerprint density at radius 1 is 1.23 bits per heavy atom. The number of sulfonamides is 1. The van der Waals surface area contributed by atoms with Crippen LogP contribution >= 0.6 is 15.9 Å². The number of piperidine rings is 1. The molecule has 0 spiro atoms. The number of nitrogens with zero attached hydrogens (tertiary/aromatic N) is 3. The molecule has 0 aliphatic carbocycles. The third-order valence-electron chi connectivity index (χ3n) is 5.90. The minimum Gasteiger partial charge on any atom is -0.347 e. The summed E-state index contributed by atoms with van der Waals surface area (Å²) in [4.78, 5) is 17.4. The van der Waals surface area contributed by atoms with Crippen LogP contribution in [0.2, 0.25) is 0 Å². The van der Waals surface area contributed by atoms with Crippen molar-refractivity contribution in [1.29, 1.82) is 0 Å². The smallest absolute Gasteiger partial charge is 0.268 e. The molecule has 2 aromatic heterocycles. The lowest BCUT2D eigenvalue weighted by Gasteiger charge is -2.29. The van der Waals surface area contributed by atoms with Crippen molar-refractivity contribution in [3.63, 3.8) is 0 Å². The lowest BCUT2D eigenvalue weighted by molar-refractivity contribution is 0.0942. The number of benzene rings is 1. The number of carbonyl (C=O) groups excluding carboxylic acids is 1. The first-order chi connectivity index (χ1) is 14.8. The maximum Gasteiger partial charge on any atom is 0.268 e. The molecule has 3 heterocycles. The van der Waals surface area contributed by atoms with E-state index in [-0.39, 0.29) is 16.5 Å². The predicted molar refractivity (Wildman–Crippen MR) is 123 cm³/mol. The molecule has 9 heteroatoms. The number of nitrogens with one attached hydrogen (secondary N) is 1. The van der Waals surface area contributed by atoms with Gasteiger partial charge in [-0.3, -0.25) is 9.78 Å². The molecule has 0 unspecified atom stereocenters. The van der Waals surface area contributed by atoms with Crippen molar-refractivity contribution in [3.8, 4) is 0 Å². The van der Waals surface area contributed by atoms with Crippen LogP contribution in [-0.4, -0.2) is 41.3 Å². The van der Waals surface area contributed by atoms with E-state index in [2.05, 4.69) is 33.2 Å². The molecule has 1 amide bonds. The van der Waals surface area contributed by atoms with Crippen molar-refractivity contribution < 1.29 is 13.2 Å². The fraction of sp³-hybridized carbons (Fsp3) is 0.364. The fourth-order valence-electron chi connectivity index (χ4n) is 3.90. The van der Waals surface area contributed by atoms with Gasteiger partial charge in [0.1, 0.15) is 15.2 Å². The number of aromatic nitrogens is 2. The lowest BCUT2D eigenvalue weighted by atomic mass is 10.0. The summed E-state index contributed by atoms with van der Waals surface area (Å²) in [6.45, 7) is 3.45. The van der Waals surface area contributed by atoms with Crippen LogP contribution in [0.25, 0.3) is 10.9 Å². The van der Waals surface area contributed by atoms with Gasteiger partial charge < -0.3 is 9.88 Å². The minimum absolute atomic E-state index is 0.129. The normalized spacial score (nSPS) is 16.0. The fourth-order valence-corrected chi connectivity index (χ4v) is 6.40. The maximum atomic E-state index is 13.2. The highest BCUT2D eigenvalue weighted by atomic mass is 79.9. The Labute approximate surface area is 190 Å². The van der Waals surface area contributed by atoms with Gasteiger partial charge in [0.2, 0.25) is 10.0 Å². The zero-order valence-corrected chi connectivity index (χ0v) is 19.9. The number of carbonyl (C=O) groups is 1. The molecular formula is C22H25BrN4O3S. The third-order valence-corrected chi connectivity index (χ3v) is 9.03. The quantitative estimate of drug-likeness (QED) is 0.574. The molecule has 3 aromatic rings. The van der Waals surface area contributed by atoms with Crippen LogP contribution in [0.1, 0.15) is 35.8 Å². The van der Waals surface area contributed by atoms with Gasteiger partial charge in [0, 0.05) is 38.3 Å². The number of rotatable bonds is 5. The SMILES string of the molecule is CC1CCN(S(=O)(=O)c2cc(C(=O)NCc3cccc4ncccc34)n(C)c2Br)CC1. The summed E-state index contributed by atoms with van der Waals surface area (Å²) in [6, 6.07) is 11.1. The van der Waals surface area contributed by atoms with Gasteiger partial charge in [-0.05, 0) is 58.5 Å². The Hall–Kier alpha value is -2.23. The Morgan fingerprint density at radius 2 is 1.97 bits per heavy atom. The Balaban J connectivity index is 1.55. The summed E-state index contributed by atoms with van der Waals surface area (Å²) < 4.78 is 29.8. The van der Waals surface area contributed by atoms with Crippen LogP contribution in [0.5, 0.6) is 0 Å². The second-order valence-electron chi connectivity index (χ2n) is 8.00. The molecule has 31 heavy (non-hydrogen) atoms. The molecule has 0 saturated carbocycles. The second kappa shape index (κ2) is 8.72. The van der Waals surface area contributed by atoms with Gasteiger partial charge in [-0.25, -0.2) is 8.42 Å². The highest BCUT2D eigenvalue weighted by Crippen LogP contribution is 2.31. The van der Waals surface area contributed by atoms with Crippen molar-refractivity contribution in [1.82, 2.24) is 19.2 Å². The number of hydrogen-bond acceptors (Lipinski definition) is 4. The number of pyridine rings is 1. The molecule has 4 rings (SSSR count). The zero-order valence-electron chi connectivity index (χ0n) is 17.5. The van der Waals surface area contributed by atoms with E-state index >= 15 is 0 Å². The van der Waals surface area contributed by atoms with Gasteiger partial charge in [0.05, 0.1) is 5.52 Å². The van der Waals surface area contributed by atoms with Gasteiger partial charge in [0.25, 0.3) is 5.91 Å². The van der Waals surface area contributed by atoms with Crippen LogP contribution in [0.15, 0.2) is 52.1 Å². The standard InChI is InChI=1S/C22H25BrN4O3S/c1-15-8-11-27(12-9-15)31(29,30)20-13-19(26(2)21(20)23)22(28)25-14-16-5-3-7-18-17(16)6-4-10-24-18/h3-7,10,13,15H,8-9,11-12,14H2,1-2H3,(H,25,28). The van der Waals surface area contributed by atoms with E-state index in [1.54, 1.807) is 17.8 Å². The summed E-state index contributed by atoms with van der Waals surface area (Å²) in [7, 11) is -1.99. The molecule has 0 atom stereocenters. The van der Waals surface area contributed by atoms with Crippen LogP contribution < -0.4 is 5.32 Å².